The van der Waals surface area contributed by atoms with Gasteiger partial charge in [0.25, 0.3) is 5.91 Å². The van der Waals surface area contributed by atoms with Gasteiger partial charge in [0.1, 0.15) is 11.4 Å². The van der Waals surface area contributed by atoms with Crippen molar-refractivity contribution in [2.75, 3.05) is 19.0 Å². The summed E-state index contributed by atoms with van der Waals surface area (Å²) in [5, 5.41) is 3.75. The summed E-state index contributed by atoms with van der Waals surface area (Å²) >= 11 is 0. The maximum absolute atomic E-state index is 12.5. The second-order valence-corrected chi connectivity index (χ2v) is 7.37. The Morgan fingerprint density at radius 3 is 2.93 bits per heavy atom. The van der Waals surface area contributed by atoms with E-state index in [-0.39, 0.29) is 18.1 Å². The highest BCUT2D eigenvalue weighted by Crippen LogP contribution is 2.41. The Labute approximate surface area is 163 Å². The summed E-state index contributed by atoms with van der Waals surface area (Å²) in [5.74, 6) is 1.66. The van der Waals surface area contributed by atoms with Crippen LogP contribution in [0.5, 0.6) is 17.2 Å². The zero-order valence-corrected chi connectivity index (χ0v) is 16.1. The summed E-state index contributed by atoms with van der Waals surface area (Å²) in [5.41, 5.74) is 2.10. The zero-order chi connectivity index (χ0) is 19.7. The molecule has 1 amide bonds. The topological polar surface area (TPSA) is 69.7 Å². The third kappa shape index (κ3) is 3.58. The molecule has 28 heavy (non-hydrogen) atoms. The fraction of sp³-hybridized carbons (Fsp3) is 0.273. The third-order valence-corrected chi connectivity index (χ3v) is 4.60. The molecule has 3 aromatic rings. The number of benzene rings is 2. The monoisotopic (exact) mass is 378 g/mol. The summed E-state index contributed by atoms with van der Waals surface area (Å²) in [6.45, 7) is 3.93. The average molecular weight is 378 g/mol. The highest BCUT2D eigenvalue weighted by atomic mass is 16.5. The van der Waals surface area contributed by atoms with Crippen molar-refractivity contribution in [3.05, 3.63) is 54.2 Å². The quantitative estimate of drug-likeness (QED) is 0.727. The van der Waals surface area contributed by atoms with Crippen molar-refractivity contribution in [1.29, 1.82) is 0 Å². The van der Waals surface area contributed by atoms with Crippen molar-refractivity contribution in [2.24, 2.45) is 0 Å². The Morgan fingerprint density at radius 1 is 1.25 bits per heavy atom. The Kier molecular flexibility index (Phi) is 4.55. The molecule has 0 saturated heterocycles. The number of hydrogen-bond donors (Lipinski definition) is 1. The Hall–Kier alpha value is -3.28. The molecule has 0 fully saturated rings. The standard InChI is InChI=1S/C22H22N2O4/c1-22(2)12-15-6-4-8-18(21(15)28-22)27-13-19(25)24-17-11-16(26-3)10-14-7-5-9-23-20(14)17/h4-11H,12-13H2,1-3H3,(H,24,25). The van der Waals surface area contributed by atoms with Crippen molar-refractivity contribution >= 4 is 22.5 Å². The van der Waals surface area contributed by atoms with Crippen molar-refractivity contribution in [2.45, 2.75) is 25.9 Å². The van der Waals surface area contributed by atoms with Gasteiger partial charge in [-0.25, -0.2) is 0 Å². The van der Waals surface area contributed by atoms with Crippen molar-refractivity contribution in [1.82, 2.24) is 4.98 Å². The molecule has 2 heterocycles. The first-order chi connectivity index (χ1) is 13.4. The fourth-order valence-corrected chi connectivity index (χ4v) is 3.41. The first kappa shape index (κ1) is 18.1. The van der Waals surface area contributed by atoms with Crippen LogP contribution in [0.2, 0.25) is 0 Å². The van der Waals surface area contributed by atoms with Gasteiger partial charge in [0.05, 0.1) is 18.3 Å². The van der Waals surface area contributed by atoms with E-state index < -0.39 is 0 Å². The molecule has 1 aromatic heterocycles. The normalized spacial score (nSPS) is 14.2. The Balaban J connectivity index is 1.50. The SMILES string of the molecule is COc1cc(NC(=O)COc2cccc3c2OC(C)(C)C3)c2ncccc2c1. The maximum Gasteiger partial charge on any atom is 0.262 e. The van der Waals surface area contributed by atoms with Gasteiger partial charge >= 0.3 is 0 Å². The molecule has 0 saturated carbocycles. The molecule has 1 aliphatic heterocycles. The van der Waals surface area contributed by atoms with E-state index in [2.05, 4.69) is 10.3 Å². The van der Waals surface area contributed by atoms with E-state index in [4.69, 9.17) is 14.2 Å². The summed E-state index contributed by atoms with van der Waals surface area (Å²) in [6.07, 6.45) is 2.50. The number of ether oxygens (including phenoxy) is 3. The highest BCUT2D eigenvalue weighted by molar-refractivity contribution is 6.01. The van der Waals surface area contributed by atoms with Gasteiger partial charge < -0.3 is 19.5 Å². The van der Waals surface area contributed by atoms with E-state index in [0.717, 1.165) is 17.4 Å². The number of methoxy groups -OCH3 is 1. The van der Waals surface area contributed by atoms with Gasteiger partial charge in [-0.3, -0.25) is 9.78 Å². The van der Waals surface area contributed by atoms with Gasteiger partial charge in [-0.05, 0) is 32.0 Å². The van der Waals surface area contributed by atoms with Gasteiger partial charge in [0, 0.05) is 29.6 Å². The lowest BCUT2D eigenvalue weighted by Crippen LogP contribution is -2.25. The number of fused-ring (bicyclic) bond motifs is 2. The number of nitrogens with one attached hydrogen (secondary N) is 1. The molecule has 1 N–H and O–H groups in total. The fourth-order valence-electron chi connectivity index (χ4n) is 3.41. The van der Waals surface area contributed by atoms with Crippen molar-refractivity contribution in [3.8, 4) is 17.2 Å². The number of hydrogen-bond acceptors (Lipinski definition) is 5. The number of nitrogens with zero attached hydrogens (tertiary/aromatic N) is 1. The minimum atomic E-state index is -0.282. The average Bonchev–Trinajstić information content (AvgIpc) is 3.00. The van der Waals surface area contributed by atoms with Crippen LogP contribution in [-0.4, -0.2) is 30.2 Å². The minimum Gasteiger partial charge on any atom is -0.497 e. The molecule has 6 nitrogen and oxygen atoms in total. The number of aromatic nitrogens is 1. The smallest absolute Gasteiger partial charge is 0.262 e. The van der Waals surface area contributed by atoms with E-state index in [1.54, 1.807) is 19.4 Å². The number of para-hydroxylation sites is 1. The van der Waals surface area contributed by atoms with Gasteiger partial charge in [-0.1, -0.05) is 18.2 Å². The van der Waals surface area contributed by atoms with E-state index in [1.807, 2.05) is 50.2 Å². The number of pyridine rings is 1. The maximum atomic E-state index is 12.5. The molecule has 6 heteroatoms. The van der Waals surface area contributed by atoms with Crippen LogP contribution >= 0.6 is 0 Å². The number of carbonyl (C=O) groups excluding carboxylic acids is 1. The van der Waals surface area contributed by atoms with Crippen LogP contribution in [0.15, 0.2) is 48.7 Å². The molecule has 4 rings (SSSR count). The zero-order valence-electron chi connectivity index (χ0n) is 16.1. The lowest BCUT2D eigenvalue weighted by atomic mass is 10.0. The lowest BCUT2D eigenvalue weighted by Gasteiger charge is -2.18. The predicted octanol–water partition coefficient (Wildman–Crippen LogP) is 3.97. The Morgan fingerprint density at radius 2 is 2.11 bits per heavy atom. The van der Waals surface area contributed by atoms with Gasteiger partial charge in [0.15, 0.2) is 18.1 Å². The summed E-state index contributed by atoms with van der Waals surface area (Å²) in [4.78, 5) is 16.9. The lowest BCUT2D eigenvalue weighted by molar-refractivity contribution is -0.118. The van der Waals surface area contributed by atoms with Gasteiger partial charge in [-0.15, -0.1) is 0 Å². The molecule has 0 atom stereocenters. The molecule has 2 aromatic carbocycles. The molecule has 144 valence electrons. The van der Waals surface area contributed by atoms with Crippen LogP contribution in [0, 0.1) is 0 Å². The summed E-state index contributed by atoms with van der Waals surface area (Å²) in [7, 11) is 1.59. The van der Waals surface area contributed by atoms with Crippen LogP contribution in [-0.2, 0) is 11.2 Å². The minimum absolute atomic E-state index is 0.133. The molecule has 1 aliphatic rings. The van der Waals surface area contributed by atoms with E-state index >= 15 is 0 Å². The summed E-state index contributed by atoms with van der Waals surface area (Å²) in [6, 6.07) is 13.1. The third-order valence-electron chi connectivity index (χ3n) is 4.60. The van der Waals surface area contributed by atoms with Crippen molar-refractivity contribution < 1.29 is 19.0 Å². The first-order valence-corrected chi connectivity index (χ1v) is 9.11. The van der Waals surface area contributed by atoms with Crippen LogP contribution < -0.4 is 19.5 Å². The number of rotatable bonds is 5. The predicted molar refractivity (Wildman–Crippen MR) is 107 cm³/mol. The molecule has 0 spiro atoms. The van der Waals surface area contributed by atoms with E-state index in [1.165, 1.54) is 0 Å². The number of carbonyl (C=O) groups is 1. The van der Waals surface area contributed by atoms with Crippen LogP contribution in [0.1, 0.15) is 19.4 Å². The molecule has 0 aliphatic carbocycles. The molecule has 0 bridgehead atoms. The summed E-state index contributed by atoms with van der Waals surface area (Å²) < 4.78 is 17.1. The molecular formula is C22H22N2O4. The van der Waals surface area contributed by atoms with Crippen LogP contribution in [0.4, 0.5) is 5.69 Å². The van der Waals surface area contributed by atoms with Crippen molar-refractivity contribution in [3.63, 3.8) is 0 Å². The first-order valence-electron chi connectivity index (χ1n) is 9.11. The Bertz CT molecular complexity index is 1050. The van der Waals surface area contributed by atoms with E-state index in [9.17, 15) is 4.79 Å². The van der Waals surface area contributed by atoms with Gasteiger partial charge in [-0.2, -0.15) is 0 Å². The largest absolute Gasteiger partial charge is 0.497 e. The van der Waals surface area contributed by atoms with Gasteiger partial charge in [0.2, 0.25) is 0 Å². The van der Waals surface area contributed by atoms with Crippen LogP contribution in [0.25, 0.3) is 10.9 Å². The molecule has 0 radical (unpaired) electrons. The van der Waals surface area contributed by atoms with Crippen LogP contribution in [0.3, 0.4) is 0 Å². The molecule has 0 unspecified atom stereocenters. The highest BCUT2D eigenvalue weighted by Gasteiger charge is 2.32. The molecular weight excluding hydrogens is 356 g/mol. The van der Waals surface area contributed by atoms with E-state index in [0.29, 0.717) is 28.5 Å². The number of anilines is 1. The number of amides is 1. The second-order valence-electron chi connectivity index (χ2n) is 7.37. The second kappa shape index (κ2) is 7.03.